The Kier molecular flexibility index (Phi) is 2.23. The number of aryl methyl sites for hydroxylation is 1. The van der Waals surface area contributed by atoms with Gasteiger partial charge in [0, 0.05) is 19.4 Å². The Labute approximate surface area is 90.5 Å². The Morgan fingerprint density at radius 3 is 2.53 bits per heavy atom. The molecule has 1 atom stereocenters. The molecule has 0 aliphatic heterocycles. The minimum absolute atomic E-state index is 0.192. The van der Waals surface area contributed by atoms with Gasteiger partial charge in [-0.05, 0) is 24.3 Å². The van der Waals surface area contributed by atoms with E-state index in [1.54, 1.807) is 6.20 Å². The highest BCUT2D eigenvalue weighted by Crippen LogP contribution is 2.38. The smallest absolute Gasteiger partial charge is 0.144 e. The molecule has 1 heterocycles. The number of aromatic nitrogens is 2. The van der Waals surface area contributed by atoms with Crippen LogP contribution in [-0.2, 0) is 12.6 Å². The maximum Gasteiger partial charge on any atom is 0.144 e. The maximum absolute atomic E-state index is 10.5. The molecule has 0 fully saturated rings. The summed E-state index contributed by atoms with van der Waals surface area (Å²) in [4.78, 5) is 4.22. The normalized spacial score (nSPS) is 29.3. The molecule has 1 aliphatic carbocycles. The van der Waals surface area contributed by atoms with E-state index in [0.717, 1.165) is 18.7 Å². The predicted octanol–water partition coefficient (Wildman–Crippen LogP) is 1.98. The second kappa shape index (κ2) is 3.20. The third-order valence-electron chi connectivity index (χ3n) is 3.17. The fourth-order valence-corrected chi connectivity index (χ4v) is 2.01. The highest BCUT2D eigenvalue weighted by molar-refractivity contribution is 5.19. The molecular weight excluding hydrogens is 188 g/mol. The highest BCUT2D eigenvalue weighted by atomic mass is 16.3. The largest absolute Gasteiger partial charge is 0.378 e. The van der Waals surface area contributed by atoms with E-state index in [0.29, 0.717) is 0 Å². The minimum atomic E-state index is -0.881. The Balaban J connectivity index is 2.35. The van der Waals surface area contributed by atoms with Gasteiger partial charge < -0.3 is 9.67 Å². The third kappa shape index (κ3) is 1.84. The molecule has 1 aliphatic rings. The summed E-state index contributed by atoms with van der Waals surface area (Å²) in [7, 11) is 1.91. The number of hydrogen-bond donors (Lipinski definition) is 1. The number of imidazole rings is 1. The molecule has 1 N–H and O–H groups in total. The average Bonchev–Trinajstić information content (AvgIpc) is 2.58. The summed E-state index contributed by atoms with van der Waals surface area (Å²) < 4.78 is 1.88. The minimum Gasteiger partial charge on any atom is -0.378 e. The Bertz CT molecular complexity index is 392. The third-order valence-corrected chi connectivity index (χ3v) is 3.17. The van der Waals surface area contributed by atoms with Crippen molar-refractivity contribution in [1.82, 2.24) is 9.55 Å². The molecule has 0 bridgehead atoms. The number of rotatable bonds is 1. The lowest BCUT2D eigenvalue weighted by atomic mass is 9.76. The molecule has 3 nitrogen and oxygen atoms in total. The zero-order chi connectivity index (χ0) is 11.1. The molecule has 0 saturated carbocycles. The summed E-state index contributed by atoms with van der Waals surface area (Å²) >= 11 is 0. The molecule has 1 unspecified atom stereocenters. The van der Waals surface area contributed by atoms with Crippen LogP contribution in [-0.4, -0.2) is 14.7 Å². The fraction of sp³-hybridized carbons (Fsp3) is 0.583. The molecule has 0 radical (unpaired) electrons. The summed E-state index contributed by atoms with van der Waals surface area (Å²) in [5.41, 5.74) is -0.689. The van der Waals surface area contributed by atoms with Crippen molar-refractivity contribution in [2.24, 2.45) is 12.5 Å². The molecule has 1 aromatic heterocycles. The summed E-state index contributed by atoms with van der Waals surface area (Å²) in [5, 5.41) is 10.5. The Hall–Kier alpha value is -1.09. The van der Waals surface area contributed by atoms with Crippen LogP contribution in [0.15, 0.2) is 24.5 Å². The molecule has 3 heteroatoms. The first kappa shape index (κ1) is 10.4. The molecule has 0 spiro atoms. The molecule has 0 aromatic carbocycles. The van der Waals surface area contributed by atoms with Crippen LogP contribution in [0.1, 0.15) is 32.5 Å². The van der Waals surface area contributed by atoms with Gasteiger partial charge in [-0.3, -0.25) is 0 Å². The lowest BCUT2D eigenvalue weighted by Gasteiger charge is -2.34. The van der Waals surface area contributed by atoms with Gasteiger partial charge in [0.2, 0.25) is 0 Å². The predicted molar refractivity (Wildman–Crippen MR) is 59.3 cm³/mol. The first-order valence-electron chi connectivity index (χ1n) is 5.34. The van der Waals surface area contributed by atoms with Crippen molar-refractivity contribution >= 4 is 0 Å². The van der Waals surface area contributed by atoms with Gasteiger partial charge in [-0.15, -0.1) is 0 Å². The quantitative estimate of drug-likeness (QED) is 0.713. The SMILES string of the molecule is Cn1ccnc1C1(O)C=CC(C)(C)CC1. The number of allylic oxidation sites excluding steroid dienone is 1. The van der Waals surface area contributed by atoms with E-state index in [4.69, 9.17) is 0 Å². The van der Waals surface area contributed by atoms with Crippen molar-refractivity contribution in [1.29, 1.82) is 0 Å². The first-order valence-corrected chi connectivity index (χ1v) is 5.34. The lowest BCUT2D eigenvalue weighted by Crippen LogP contribution is -2.32. The molecule has 2 rings (SSSR count). The zero-order valence-electron chi connectivity index (χ0n) is 9.57. The van der Waals surface area contributed by atoms with E-state index >= 15 is 0 Å². The van der Waals surface area contributed by atoms with Gasteiger partial charge >= 0.3 is 0 Å². The maximum atomic E-state index is 10.5. The molecule has 82 valence electrons. The van der Waals surface area contributed by atoms with Crippen LogP contribution in [0.2, 0.25) is 0 Å². The van der Waals surface area contributed by atoms with Gasteiger partial charge in [-0.2, -0.15) is 0 Å². The van der Waals surface area contributed by atoms with Gasteiger partial charge in [0.1, 0.15) is 11.4 Å². The van der Waals surface area contributed by atoms with Crippen molar-refractivity contribution in [3.8, 4) is 0 Å². The van der Waals surface area contributed by atoms with Crippen LogP contribution in [0.25, 0.3) is 0 Å². The van der Waals surface area contributed by atoms with Crippen molar-refractivity contribution in [2.75, 3.05) is 0 Å². The fourth-order valence-electron chi connectivity index (χ4n) is 2.01. The van der Waals surface area contributed by atoms with E-state index in [1.807, 2.05) is 23.9 Å². The van der Waals surface area contributed by atoms with E-state index in [2.05, 4.69) is 24.9 Å². The molecular formula is C12H18N2O. The first-order chi connectivity index (χ1) is 6.93. The average molecular weight is 206 g/mol. The topological polar surface area (TPSA) is 38.0 Å². The second-order valence-corrected chi connectivity index (χ2v) is 5.11. The molecule has 15 heavy (non-hydrogen) atoms. The standard InChI is InChI=1S/C12H18N2O/c1-11(2)4-6-12(15,7-5-11)10-13-8-9-14(10)3/h4,6,8-9,15H,5,7H2,1-3H3. The van der Waals surface area contributed by atoms with Crippen molar-refractivity contribution in [2.45, 2.75) is 32.3 Å². The lowest BCUT2D eigenvalue weighted by molar-refractivity contribution is 0.0469. The van der Waals surface area contributed by atoms with E-state index in [1.165, 1.54) is 0 Å². The van der Waals surface area contributed by atoms with Crippen molar-refractivity contribution in [3.63, 3.8) is 0 Å². The monoisotopic (exact) mass is 206 g/mol. The number of nitrogens with zero attached hydrogens (tertiary/aromatic N) is 2. The van der Waals surface area contributed by atoms with Crippen molar-refractivity contribution < 1.29 is 5.11 Å². The molecule has 0 amide bonds. The highest BCUT2D eigenvalue weighted by Gasteiger charge is 2.36. The summed E-state index contributed by atoms with van der Waals surface area (Å²) in [6, 6.07) is 0. The molecule has 0 saturated heterocycles. The molecule has 1 aromatic rings. The number of aliphatic hydroxyl groups is 1. The summed E-state index contributed by atoms with van der Waals surface area (Å²) in [5.74, 6) is 0.731. The van der Waals surface area contributed by atoms with Crippen molar-refractivity contribution in [3.05, 3.63) is 30.4 Å². The van der Waals surface area contributed by atoms with Gasteiger partial charge in [-0.1, -0.05) is 19.9 Å². The van der Waals surface area contributed by atoms with Gasteiger partial charge in [-0.25, -0.2) is 4.98 Å². The van der Waals surface area contributed by atoms with E-state index in [9.17, 15) is 5.11 Å². The van der Waals surface area contributed by atoms with Crippen LogP contribution < -0.4 is 0 Å². The van der Waals surface area contributed by atoms with E-state index < -0.39 is 5.60 Å². The van der Waals surface area contributed by atoms with Gasteiger partial charge in [0.25, 0.3) is 0 Å². The Morgan fingerprint density at radius 1 is 1.33 bits per heavy atom. The van der Waals surface area contributed by atoms with Gasteiger partial charge in [0.05, 0.1) is 0 Å². The van der Waals surface area contributed by atoms with Crippen LogP contribution in [0.5, 0.6) is 0 Å². The van der Waals surface area contributed by atoms with E-state index in [-0.39, 0.29) is 5.41 Å². The van der Waals surface area contributed by atoms with Crippen LogP contribution in [0.3, 0.4) is 0 Å². The summed E-state index contributed by atoms with van der Waals surface area (Å²) in [6.45, 7) is 4.36. The number of hydrogen-bond acceptors (Lipinski definition) is 2. The Morgan fingerprint density at radius 2 is 2.07 bits per heavy atom. The zero-order valence-corrected chi connectivity index (χ0v) is 9.57. The summed E-state index contributed by atoms with van der Waals surface area (Å²) in [6.07, 6.45) is 9.28. The van der Waals surface area contributed by atoms with Crippen LogP contribution >= 0.6 is 0 Å². The van der Waals surface area contributed by atoms with Gasteiger partial charge in [0.15, 0.2) is 0 Å². The second-order valence-electron chi connectivity index (χ2n) is 5.11. The van der Waals surface area contributed by atoms with Crippen LogP contribution in [0, 0.1) is 5.41 Å². The van der Waals surface area contributed by atoms with Crippen LogP contribution in [0.4, 0.5) is 0 Å².